The zero-order valence-corrected chi connectivity index (χ0v) is 9.05. The van der Waals surface area contributed by atoms with E-state index in [-0.39, 0.29) is 11.5 Å². The Balaban J connectivity index is 3.03. The lowest BCUT2D eigenvalue weighted by molar-refractivity contribution is 0.0119. The number of hydrogen-bond acceptors (Lipinski definition) is 2. The molecule has 1 aliphatic rings. The topological polar surface area (TPSA) is 18.5 Å². The number of allylic oxidation sites excluding steroid dienone is 2. The van der Waals surface area contributed by atoms with Gasteiger partial charge in [0.1, 0.15) is 11.9 Å². The van der Waals surface area contributed by atoms with Crippen molar-refractivity contribution in [3.8, 4) is 0 Å². The Bertz CT molecular complexity index is 249. The Morgan fingerprint density at radius 2 is 1.85 bits per heavy atom. The lowest BCUT2D eigenvalue weighted by atomic mass is 9.76. The van der Waals surface area contributed by atoms with Gasteiger partial charge in [-0.25, -0.2) is 0 Å². The summed E-state index contributed by atoms with van der Waals surface area (Å²) in [5, 5.41) is 0. The maximum absolute atomic E-state index is 5.45. The van der Waals surface area contributed by atoms with E-state index in [1.165, 1.54) is 5.57 Å². The molecule has 1 rings (SSSR count). The van der Waals surface area contributed by atoms with Gasteiger partial charge in [-0.2, -0.15) is 0 Å². The Labute approximate surface area is 80.2 Å². The minimum Gasteiger partial charge on any atom is -0.498 e. The van der Waals surface area contributed by atoms with Gasteiger partial charge in [0.2, 0.25) is 0 Å². The molecule has 0 aromatic heterocycles. The van der Waals surface area contributed by atoms with E-state index in [0.717, 1.165) is 5.76 Å². The van der Waals surface area contributed by atoms with Gasteiger partial charge in [-0.1, -0.05) is 25.5 Å². The van der Waals surface area contributed by atoms with Gasteiger partial charge in [0.15, 0.2) is 0 Å². The van der Waals surface area contributed by atoms with Crippen LogP contribution >= 0.6 is 0 Å². The second-order valence-electron chi connectivity index (χ2n) is 3.96. The molecule has 0 aliphatic heterocycles. The van der Waals surface area contributed by atoms with E-state index < -0.39 is 0 Å². The first-order chi connectivity index (χ1) is 6.04. The molecule has 2 nitrogen and oxygen atoms in total. The fraction of sp³-hybridized carbons (Fsp3) is 0.636. The zero-order chi connectivity index (χ0) is 10.1. The van der Waals surface area contributed by atoms with Gasteiger partial charge in [0, 0.05) is 12.5 Å². The Morgan fingerprint density at radius 1 is 1.23 bits per heavy atom. The summed E-state index contributed by atoms with van der Waals surface area (Å²) in [7, 11) is 3.40. The summed E-state index contributed by atoms with van der Waals surface area (Å²) >= 11 is 0. The van der Waals surface area contributed by atoms with E-state index in [2.05, 4.69) is 26.8 Å². The molecule has 0 bridgehead atoms. The van der Waals surface area contributed by atoms with Crippen molar-refractivity contribution in [3.63, 3.8) is 0 Å². The van der Waals surface area contributed by atoms with Gasteiger partial charge >= 0.3 is 0 Å². The molecule has 0 heterocycles. The first-order valence-electron chi connectivity index (χ1n) is 4.49. The summed E-state index contributed by atoms with van der Waals surface area (Å²) in [5.41, 5.74) is 1.34. The van der Waals surface area contributed by atoms with E-state index in [0.29, 0.717) is 0 Å². The highest BCUT2D eigenvalue weighted by atomic mass is 16.5. The zero-order valence-electron chi connectivity index (χ0n) is 9.05. The van der Waals surface area contributed by atoms with Gasteiger partial charge in [-0.05, 0) is 13.0 Å². The third-order valence-corrected chi connectivity index (χ3v) is 2.90. The summed E-state index contributed by atoms with van der Waals surface area (Å²) in [6.45, 7) is 6.45. The van der Waals surface area contributed by atoms with Crippen LogP contribution in [0.4, 0.5) is 0 Å². The van der Waals surface area contributed by atoms with Crippen molar-refractivity contribution in [2.75, 3.05) is 14.2 Å². The highest BCUT2D eigenvalue weighted by Crippen LogP contribution is 2.38. The van der Waals surface area contributed by atoms with Crippen LogP contribution in [-0.4, -0.2) is 20.3 Å². The lowest BCUT2D eigenvalue weighted by Crippen LogP contribution is -2.36. The van der Waals surface area contributed by atoms with E-state index >= 15 is 0 Å². The van der Waals surface area contributed by atoms with Crippen LogP contribution in [0.1, 0.15) is 20.8 Å². The summed E-state index contributed by atoms with van der Waals surface area (Å²) < 4.78 is 10.7. The van der Waals surface area contributed by atoms with Crippen molar-refractivity contribution in [3.05, 3.63) is 23.5 Å². The molecule has 0 fully saturated rings. The van der Waals surface area contributed by atoms with Crippen molar-refractivity contribution < 1.29 is 9.47 Å². The first kappa shape index (κ1) is 10.3. The Kier molecular flexibility index (Phi) is 2.81. The highest BCUT2D eigenvalue weighted by molar-refractivity contribution is 5.30. The molecule has 0 aromatic carbocycles. The van der Waals surface area contributed by atoms with Crippen LogP contribution in [0.3, 0.4) is 0 Å². The molecule has 0 spiro atoms. The number of hydrogen-bond donors (Lipinski definition) is 0. The number of rotatable bonds is 2. The molecule has 0 saturated carbocycles. The second-order valence-corrected chi connectivity index (χ2v) is 3.96. The van der Waals surface area contributed by atoms with Crippen LogP contribution in [0.15, 0.2) is 23.5 Å². The quantitative estimate of drug-likeness (QED) is 0.653. The van der Waals surface area contributed by atoms with Crippen molar-refractivity contribution in [2.24, 2.45) is 5.41 Å². The molecule has 0 amide bonds. The van der Waals surface area contributed by atoms with Crippen LogP contribution in [0, 0.1) is 5.41 Å². The van der Waals surface area contributed by atoms with Crippen LogP contribution < -0.4 is 0 Å². The van der Waals surface area contributed by atoms with Crippen LogP contribution in [0.25, 0.3) is 0 Å². The van der Waals surface area contributed by atoms with E-state index in [1.54, 1.807) is 14.2 Å². The molecular formula is C11H18O2. The largest absolute Gasteiger partial charge is 0.498 e. The minimum atomic E-state index is 0.0227. The van der Waals surface area contributed by atoms with Gasteiger partial charge in [0.05, 0.1) is 7.11 Å². The minimum absolute atomic E-state index is 0.0227. The molecule has 1 aliphatic carbocycles. The molecule has 13 heavy (non-hydrogen) atoms. The molecule has 0 aromatic rings. The van der Waals surface area contributed by atoms with Gasteiger partial charge in [-0.15, -0.1) is 0 Å². The van der Waals surface area contributed by atoms with Crippen molar-refractivity contribution in [1.82, 2.24) is 0 Å². The molecule has 74 valence electrons. The normalized spacial score (nSPS) is 26.4. The Hall–Kier alpha value is -0.760. The average molecular weight is 182 g/mol. The molecule has 1 unspecified atom stereocenters. The van der Waals surface area contributed by atoms with Crippen LogP contribution in [-0.2, 0) is 9.47 Å². The molecule has 0 N–H and O–H groups in total. The molecular weight excluding hydrogens is 164 g/mol. The summed E-state index contributed by atoms with van der Waals surface area (Å²) in [5.74, 6) is 0.901. The number of ether oxygens (including phenoxy) is 2. The predicted octanol–water partition coefficient (Wildman–Crippen LogP) is 2.52. The maximum atomic E-state index is 5.45. The summed E-state index contributed by atoms with van der Waals surface area (Å²) in [6.07, 6.45) is 4.10. The van der Waals surface area contributed by atoms with Gasteiger partial charge < -0.3 is 9.47 Å². The summed E-state index contributed by atoms with van der Waals surface area (Å²) in [6, 6.07) is 0. The third-order valence-electron chi connectivity index (χ3n) is 2.90. The van der Waals surface area contributed by atoms with E-state index in [9.17, 15) is 0 Å². The standard InChI is InChI=1S/C11H18O2/c1-8-6-7-9(12-4)10(13-5)11(8,2)3/h6-7,10H,1-5H3. The smallest absolute Gasteiger partial charge is 0.125 e. The fourth-order valence-corrected chi connectivity index (χ4v) is 1.66. The monoisotopic (exact) mass is 182 g/mol. The molecule has 1 atom stereocenters. The highest BCUT2D eigenvalue weighted by Gasteiger charge is 2.36. The fourth-order valence-electron chi connectivity index (χ4n) is 1.66. The Morgan fingerprint density at radius 3 is 2.31 bits per heavy atom. The molecule has 0 saturated heterocycles. The predicted molar refractivity (Wildman–Crippen MR) is 53.4 cm³/mol. The van der Waals surface area contributed by atoms with Crippen LogP contribution in [0.5, 0.6) is 0 Å². The maximum Gasteiger partial charge on any atom is 0.125 e. The van der Waals surface area contributed by atoms with E-state index in [1.807, 2.05) is 6.08 Å². The SMILES string of the molecule is COC1=CC=C(C)C(C)(C)C1OC. The van der Waals surface area contributed by atoms with Crippen LogP contribution in [0.2, 0.25) is 0 Å². The van der Waals surface area contributed by atoms with Gasteiger partial charge in [-0.3, -0.25) is 0 Å². The first-order valence-corrected chi connectivity index (χ1v) is 4.49. The van der Waals surface area contributed by atoms with E-state index in [4.69, 9.17) is 9.47 Å². The van der Waals surface area contributed by atoms with Crippen molar-refractivity contribution in [2.45, 2.75) is 26.9 Å². The lowest BCUT2D eigenvalue weighted by Gasteiger charge is -2.37. The number of methoxy groups -OCH3 is 2. The second kappa shape index (κ2) is 3.54. The van der Waals surface area contributed by atoms with Crippen molar-refractivity contribution in [1.29, 1.82) is 0 Å². The van der Waals surface area contributed by atoms with Gasteiger partial charge in [0.25, 0.3) is 0 Å². The summed E-state index contributed by atoms with van der Waals surface area (Å²) in [4.78, 5) is 0. The molecule has 2 heteroatoms. The third kappa shape index (κ3) is 1.63. The van der Waals surface area contributed by atoms with Crippen molar-refractivity contribution >= 4 is 0 Å². The average Bonchev–Trinajstić information content (AvgIpc) is 2.09. The molecule has 0 radical (unpaired) electrons.